The number of anilines is 3. The monoisotopic (exact) mass is 388 g/mol. The molecule has 0 radical (unpaired) electrons. The van der Waals surface area contributed by atoms with Crippen LogP contribution >= 0.6 is 0 Å². The maximum absolute atomic E-state index is 14.5. The van der Waals surface area contributed by atoms with Gasteiger partial charge in [0.05, 0.1) is 17.9 Å². The average Bonchev–Trinajstić information content (AvgIpc) is 2.66. The number of nitrogens with two attached hydrogens (primary N) is 2. The summed E-state index contributed by atoms with van der Waals surface area (Å²) in [5.74, 6) is -1.22. The molecule has 0 unspecified atom stereocenters. The van der Waals surface area contributed by atoms with Gasteiger partial charge in [-0.3, -0.25) is 9.78 Å². The Labute approximate surface area is 162 Å². The van der Waals surface area contributed by atoms with Crippen LogP contribution in [0.5, 0.6) is 0 Å². The molecule has 2 atom stereocenters. The first-order valence-electron chi connectivity index (χ1n) is 9.21. The fourth-order valence-corrected chi connectivity index (χ4v) is 3.31. The van der Waals surface area contributed by atoms with Gasteiger partial charge in [0.2, 0.25) is 0 Å². The number of nitrogens with one attached hydrogen (secondary N) is 2. The van der Waals surface area contributed by atoms with Crippen LogP contribution in [0.2, 0.25) is 0 Å². The highest BCUT2D eigenvalue weighted by Gasteiger charge is 2.24. The van der Waals surface area contributed by atoms with Gasteiger partial charge in [-0.05, 0) is 31.0 Å². The Morgan fingerprint density at radius 2 is 2.11 bits per heavy atom. The van der Waals surface area contributed by atoms with Crippen molar-refractivity contribution < 1.29 is 13.9 Å². The molecule has 1 saturated carbocycles. The number of halogens is 1. The maximum atomic E-state index is 14.5. The van der Waals surface area contributed by atoms with Crippen LogP contribution in [0.25, 0.3) is 0 Å². The summed E-state index contributed by atoms with van der Waals surface area (Å²) >= 11 is 0. The van der Waals surface area contributed by atoms with Crippen LogP contribution in [-0.2, 0) is 11.3 Å². The van der Waals surface area contributed by atoms with Crippen molar-refractivity contribution >= 4 is 23.2 Å². The summed E-state index contributed by atoms with van der Waals surface area (Å²) in [5.41, 5.74) is 12.8. The Bertz CT molecular complexity index is 847. The summed E-state index contributed by atoms with van der Waals surface area (Å²) in [4.78, 5) is 20.3. The van der Waals surface area contributed by atoms with Crippen LogP contribution in [0.15, 0.2) is 24.4 Å². The molecule has 6 N–H and O–H groups in total. The zero-order valence-corrected chi connectivity index (χ0v) is 15.7. The Morgan fingerprint density at radius 1 is 1.32 bits per heavy atom. The number of amides is 1. The van der Waals surface area contributed by atoms with Gasteiger partial charge in [0, 0.05) is 31.1 Å². The van der Waals surface area contributed by atoms with Crippen molar-refractivity contribution in [1.82, 2.24) is 9.97 Å². The molecule has 0 bridgehead atoms. The lowest BCUT2D eigenvalue weighted by atomic mass is 9.91. The largest absolute Gasteiger partial charge is 0.378 e. The van der Waals surface area contributed by atoms with Gasteiger partial charge in [-0.2, -0.15) is 0 Å². The van der Waals surface area contributed by atoms with Gasteiger partial charge in [0.1, 0.15) is 5.82 Å². The standard InChI is InChI=1S/C19H25FN6O2/c1-28-10-12-8-11(6-7-23-12)24-18-13(17(22)27)9-14(20)19(26-18)25-16-5-3-2-4-15(16)21/h6-9,15-16H,2-5,10,21H2,1H3,(H2,22,27)(H2,23,24,25,26)/t15-,16+/m0/s1. The Kier molecular flexibility index (Phi) is 6.37. The molecule has 2 heterocycles. The van der Waals surface area contributed by atoms with Crippen molar-refractivity contribution in [2.24, 2.45) is 11.5 Å². The first-order chi connectivity index (χ1) is 13.5. The van der Waals surface area contributed by atoms with E-state index in [1.165, 1.54) is 0 Å². The minimum absolute atomic E-state index is 0.0407. The van der Waals surface area contributed by atoms with Gasteiger partial charge < -0.3 is 26.8 Å². The van der Waals surface area contributed by atoms with E-state index in [4.69, 9.17) is 16.2 Å². The second-order valence-electron chi connectivity index (χ2n) is 6.87. The molecule has 9 heteroatoms. The van der Waals surface area contributed by atoms with Gasteiger partial charge >= 0.3 is 0 Å². The van der Waals surface area contributed by atoms with Crippen LogP contribution in [0.1, 0.15) is 41.7 Å². The Hall–Kier alpha value is -2.78. The Morgan fingerprint density at radius 3 is 2.82 bits per heavy atom. The summed E-state index contributed by atoms with van der Waals surface area (Å²) < 4.78 is 19.6. The number of carbonyl (C=O) groups is 1. The topological polar surface area (TPSA) is 128 Å². The fraction of sp³-hybridized carbons (Fsp3) is 0.421. The van der Waals surface area contributed by atoms with Crippen LogP contribution in [-0.4, -0.2) is 35.1 Å². The SMILES string of the molecule is COCc1cc(Nc2nc(N[C@@H]3CCCC[C@@H]3N)c(F)cc2C(N)=O)ccn1. The van der Waals surface area contributed by atoms with E-state index in [9.17, 15) is 9.18 Å². The Balaban J connectivity index is 1.90. The molecule has 1 amide bonds. The summed E-state index contributed by atoms with van der Waals surface area (Å²) in [6.07, 6.45) is 5.41. The molecular formula is C19H25FN6O2. The summed E-state index contributed by atoms with van der Waals surface area (Å²) in [6, 6.07) is 4.41. The third-order valence-corrected chi connectivity index (χ3v) is 4.75. The fourth-order valence-electron chi connectivity index (χ4n) is 3.31. The number of nitrogens with zero attached hydrogens (tertiary/aromatic N) is 2. The van der Waals surface area contributed by atoms with Crippen molar-refractivity contribution in [1.29, 1.82) is 0 Å². The zero-order chi connectivity index (χ0) is 20.1. The van der Waals surface area contributed by atoms with Gasteiger partial charge in [-0.15, -0.1) is 0 Å². The van der Waals surface area contributed by atoms with E-state index in [2.05, 4.69) is 20.6 Å². The lowest BCUT2D eigenvalue weighted by molar-refractivity contribution is 0.100. The second-order valence-corrected chi connectivity index (χ2v) is 6.87. The molecular weight excluding hydrogens is 363 g/mol. The van der Waals surface area contributed by atoms with E-state index < -0.39 is 11.7 Å². The smallest absolute Gasteiger partial charge is 0.252 e. The first kappa shape index (κ1) is 20.0. The molecule has 0 spiro atoms. The molecule has 1 aliphatic rings. The molecule has 2 aromatic heterocycles. The van der Waals surface area contributed by atoms with Crippen molar-refractivity contribution in [2.45, 2.75) is 44.4 Å². The summed E-state index contributed by atoms with van der Waals surface area (Å²) in [7, 11) is 1.57. The van der Waals surface area contributed by atoms with E-state index in [1.807, 2.05) is 0 Å². The molecule has 2 aromatic rings. The summed E-state index contributed by atoms with van der Waals surface area (Å²) in [5, 5.41) is 6.11. The van der Waals surface area contributed by atoms with Crippen LogP contribution < -0.4 is 22.1 Å². The highest BCUT2D eigenvalue weighted by molar-refractivity contribution is 5.98. The minimum atomic E-state index is -0.777. The van der Waals surface area contributed by atoms with Crippen LogP contribution in [0, 0.1) is 5.82 Å². The number of carbonyl (C=O) groups excluding carboxylic acids is 1. The molecule has 1 fully saturated rings. The lowest BCUT2D eigenvalue weighted by Gasteiger charge is -2.30. The molecule has 0 aromatic carbocycles. The van der Waals surface area contributed by atoms with Crippen molar-refractivity contribution in [2.75, 3.05) is 17.7 Å². The number of rotatable bonds is 7. The number of hydrogen-bond donors (Lipinski definition) is 4. The third kappa shape index (κ3) is 4.73. The quantitative estimate of drug-likeness (QED) is 0.573. The first-order valence-corrected chi connectivity index (χ1v) is 9.21. The average molecular weight is 388 g/mol. The number of pyridine rings is 2. The molecule has 0 saturated heterocycles. The highest BCUT2D eigenvalue weighted by Crippen LogP contribution is 2.26. The van der Waals surface area contributed by atoms with Gasteiger partial charge in [0.25, 0.3) is 5.91 Å². The number of aromatic nitrogens is 2. The summed E-state index contributed by atoms with van der Waals surface area (Å²) in [6.45, 7) is 0.335. The number of hydrogen-bond acceptors (Lipinski definition) is 7. The van der Waals surface area contributed by atoms with E-state index >= 15 is 0 Å². The third-order valence-electron chi connectivity index (χ3n) is 4.75. The van der Waals surface area contributed by atoms with Gasteiger partial charge in [0.15, 0.2) is 11.6 Å². The predicted molar refractivity (Wildman–Crippen MR) is 105 cm³/mol. The highest BCUT2D eigenvalue weighted by atomic mass is 19.1. The van der Waals surface area contributed by atoms with Crippen molar-refractivity contribution in [3.8, 4) is 0 Å². The van der Waals surface area contributed by atoms with Crippen LogP contribution in [0.4, 0.5) is 21.7 Å². The maximum Gasteiger partial charge on any atom is 0.252 e. The van der Waals surface area contributed by atoms with E-state index in [0.29, 0.717) is 18.0 Å². The number of ether oxygens (including phenoxy) is 1. The molecule has 1 aliphatic carbocycles. The minimum Gasteiger partial charge on any atom is -0.378 e. The molecule has 150 valence electrons. The molecule has 0 aliphatic heterocycles. The zero-order valence-electron chi connectivity index (χ0n) is 15.7. The van der Waals surface area contributed by atoms with Crippen LogP contribution in [0.3, 0.4) is 0 Å². The number of methoxy groups -OCH3 is 1. The molecule has 28 heavy (non-hydrogen) atoms. The number of primary amides is 1. The molecule has 8 nitrogen and oxygen atoms in total. The van der Waals surface area contributed by atoms with Gasteiger partial charge in [-0.1, -0.05) is 12.8 Å². The predicted octanol–water partition coefficient (Wildman–Crippen LogP) is 2.29. The van der Waals surface area contributed by atoms with Crippen molar-refractivity contribution in [3.63, 3.8) is 0 Å². The molecule has 3 rings (SSSR count). The van der Waals surface area contributed by atoms with Crippen molar-refractivity contribution in [3.05, 3.63) is 41.5 Å². The van der Waals surface area contributed by atoms with E-state index in [1.54, 1.807) is 25.4 Å². The normalized spacial score (nSPS) is 19.2. The van der Waals surface area contributed by atoms with Gasteiger partial charge in [-0.25, -0.2) is 9.37 Å². The van der Waals surface area contributed by atoms with E-state index in [0.717, 1.165) is 31.7 Å². The van der Waals surface area contributed by atoms with E-state index in [-0.39, 0.29) is 29.3 Å². The second kappa shape index (κ2) is 8.94. The lowest BCUT2D eigenvalue weighted by Crippen LogP contribution is -2.43.